The van der Waals surface area contributed by atoms with Crippen LogP contribution >= 0.6 is 0 Å². The van der Waals surface area contributed by atoms with E-state index in [1.165, 1.54) is 0 Å². The number of hydrogen-bond donors (Lipinski definition) is 2. The van der Waals surface area contributed by atoms with Gasteiger partial charge in [-0.25, -0.2) is 0 Å². The first-order chi connectivity index (χ1) is 5.33. The Hall–Kier alpha value is -0.120. The molecule has 3 nitrogen and oxygen atoms in total. The Morgan fingerprint density at radius 1 is 1.36 bits per heavy atom. The van der Waals surface area contributed by atoms with Gasteiger partial charge >= 0.3 is 0 Å². The molecule has 0 aromatic carbocycles. The van der Waals surface area contributed by atoms with Gasteiger partial charge in [-0.05, 0) is 32.6 Å². The fraction of sp³-hybridized carbons (Fsp3) is 1.00. The summed E-state index contributed by atoms with van der Waals surface area (Å²) in [4.78, 5) is 5.08. The molecule has 0 saturated heterocycles. The average Bonchev–Trinajstić information content (AvgIpc) is 2.04. The quantitative estimate of drug-likeness (QED) is 0.599. The van der Waals surface area contributed by atoms with Crippen LogP contribution in [0.15, 0.2) is 0 Å². The van der Waals surface area contributed by atoms with Gasteiger partial charge in [0.05, 0.1) is 12.7 Å². The van der Waals surface area contributed by atoms with E-state index in [0.717, 1.165) is 25.7 Å². The minimum atomic E-state index is -0.0744. The van der Waals surface area contributed by atoms with E-state index in [4.69, 9.17) is 4.84 Å². The van der Waals surface area contributed by atoms with Crippen molar-refractivity contribution in [3.63, 3.8) is 0 Å². The molecule has 1 aliphatic rings. The van der Waals surface area contributed by atoms with E-state index in [-0.39, 0.29) is 6.10 Å². The lowest BCUT2D eigenvalue weighted by atomic mass is 9.94. The normalized spacial score (nSPS) is 32.2. The third-order valence-corrected chi connectivity index (χ3v) is 2.09. The Labute approximate surface area is 67.7 Å². The molecule has 0 aliphatic heterocycles. The molecular formula is C8H17NO2. The highest BCUT2D eigenvalue weighted by atomic mass is 16.6. The van der Waals surface area contributed by atoms with Gasteiger partial charge in [0.2, 0.25) is 0 Å². The van der Waals surface area contributed by atoms with Gasteiger partial charge in [-0.15, -0.1) is 0 Å². The van der Waals surface area contributed by atoms with Crippen molar-refractivity contribution in [1.29, 1.82) is 0 Å². The summed E-state index contributed by atoms with van der Waals surface area (Å²) in [5.41, 5.74) is 2.98. The van der Waals surface area contributed by atoms with Crippen molar-refractivity contribution in [2.24, 2.45) is 0 Å². The highest BCUT2D eigenvalue weighted by Crippen LogP contribution is 2.17. The first kappa shape index (κ1) is 8.97. The first-order valence-corrected chi connectivity index (χ1v) is 4.38. The number of aliphatic hydroxyl groups is 1. The van der Waals surface area contributed by atoms with Crippen LogP contribution in [0.1, 0.15) is 32.6 Å². The van der Waals surface area contributed by atoms with Crippen molar-refractivity contribution in [2.75, 3.05) is 6.61 Å². The standard InChI is InChI=1S/C8H17NO2/c1-2-11-9-7-3-5-8(10)6-4-7/h7-10H,2-6H2,1H3. The van der Waals surface area contributed by atoms with Crippen molar-refractivity contribution >= 4 is 0 Å². The average molecular weight is 159 g/mol. The second-order valence-electron chi connectivity index (χ2n) is 3.06. The summed E-state index contributed by atoms with van der Waals surface area (Å²) in [6.07, 6.45) is 3.80. The number of hydrogen-bond acceptors (Lipinski definition) is 3. The molecule has 66 valence electrons. The van der Waals surface area contributed by atoms with Crippen LogP contribution in [-0.2, 0) is 4.84 Å². The Kier molecular flexibility index (Phi) is 3.83. The monoisotopic (exact) mass is 159 g/mol. The summed E-state index contributed by atoms with van der Waals surface area (Å²) < 4.78 is 0. The molecule has 0 heterocycles. The smallest absolute Gasteiger partial charge is 0.0654 e. The van der Waals surface area contributed by atoms with Crippen LogP contribution in [0.4, 0.5) is 0 Å². The molecule has 3 heteroatoms. The predicted octanol–water partition coefficient (Wildman–Crippen LogP) is 0.831. The minimum Gasteiger partial charge on any atom is -0.393 e. The summed E-state index contributed by atoms with van der Waals surface area (Å²) in [5.74, 6) is 0. The van der Waals surface area contributed by atoms with Crippen LogP contribution in [0, 0.1) is 0 Å². The van der Waals surface area contributed by atoms with Gasteiger partial charge in [0, 0.05) is 6.04 Å². The van der Waals surface area contributed by atoms with Gasteiger partial charge in [0.1, 0.15) is 0 Å². The molecule has 1 rings (SSSR count). The van der Waals surface area contributed by atoms with E-state index in [9.17, 15) is 5.11 Å². The zero-order valence-electron chi connectivity index (χ0n) is 7.05. The summed E-state index contributed by atoms with van der Waals surface area (Å²) in [6.45, 7) is 2.67. The van der Waals surface area contributed by atoms with Crippen molar-refractivity contribution < 1.29 is 9.94 Å². The number of aliphatic hydroxyl groups excluding tert-OH is 1. The van der Waals surface area contributed by atoms with Crippen molar-refractivity contribution in [1.82, 2.24) is 5.48 Å². The van der Waals surface area contributed by atoms with E-state index >= 15 is 0 Å². The minimum absolute atomic E-state index is 0.0744. The maximum atomic E-state index is 9.18. The molecule has 0 atom stereocenters. The van der Waals surface area contributed by atoms with Crippen molar-refractivity contribution in [3.8, 4) is 0 Å². The molecule has 0 aromatic rings. The van der Waals surface area contributed by atoms with Gasteiger partial charge in [-0.1, -0.05) is 0 Å². The Bertz CT molecular complexity index is 97.5. The van der Waals surface area contributed by atoms with E-state index in [0.29, 0.717) is 12.6 Å². The highest BCUT2D eigenvalue weighted by Gasteiger charge is 2.18. The summed E-state index contributed by atoms with van der Waals surface area (Å²) in [7, 11) is 0. The molecule has 0 radical (unpaired) electrons. The Morgan fingerprint density at radius 2 is 2.00 bits per heavy atom. The highest BCUT2D eigenvalue weighted by molar-refractivity contribution is 4.73. The second kappa shape index (κ2) is 4.70. The zero-order chi connectivity index (χ0) is 8.10. The lowest BCUT2D eigenvalue weighted by Gasteiger charge is -2.25. The Balaban J connectivity index is 2.07. The molecular weight excluding hydrogens is 142 g/mol. The maximum absolute atomic E-state index is 9.18. The molecule has 1 saturated carbocycles. The molecule has 1 fully saturated rings. The van der Waals surface area contributed by atoms with Crippen LogP contribution in [0.5, 0.6) is 0 Å². The third kappa shape index (κ3) is 3.18. The fourth-order valence-corrected chi connectivity index (χ4v) is 1.39. The molecule has 0 spiro atoms. The summed E-state index contributed by atoms with van der Waals surface area (Å²) in [5, 5.41) is 9.18. The molecule has 0 bridgehead atoms. The van der Waals surface area contributed by atoms with E-state index in [1.807, 2.05) is 6.92 Å². The maximum Gasteiger partial charge on any atom is 0.0654 e. The van der Waals surface area contributed by atoms with E-state index in [2.05, 4.69) is 5.48 Å². The first-order valence-electron chi connectivity index (χ1n) is 4.38. The molecule has 11 heavy (non-hydrogen) atoms. The molecule has 0 amide bonds. The fourth-order valence-electron chi connectivity index (χ4n) is 1.39. The molecule has 2 N–H and O–H groups in total. The van der Waals surface area contributed by atoms with Crippen LogP contribution in [0.3, 0.4) is 0 Å². The van der Waals surface area contributed by atoms with E-state index < -0.39 is 0 Å². The lowest BCUT2D eigenvalue weighted by molar-refractivity contribution is 0.00136. The third-order valence-electron chi connectivity index (χ3n) is 2.09. The topological polar surface area (TPSA) is 41.5 Å². The van der Waals surface area contributed by atoms with Gasteiger partial charge < -0.3 is 9.94 Å². The van der Waals surface area contributed by atoms with E-state index in [1.54, 1.807) is 0 Å². The van der Waals surface area contributed by atoms with Crippen LogP contribution in [0.2, 0.25) is 0 Å². The van der Waals surface area contributed by atoms with Crippen molar-refractivity contribution in [2.45, 2.75) is 44.8 Å². The van der Waals surface area contributed by atoms with Gasteiger partial charge in [-0.2, -0.15) is 5.48 Å². The molecule has 1 aliphatic carbocycles. The van der Waals surface area contributed by atoms with Crippen LogP contribution in [-0.4, -0.2) is 23.9 Å². The van der Waals surface area contributed by atoms with Gasteiger partial charge in [0.15, 0.2) is 0 Å². The second-order valence-corrected chi connectivity index (χ2v) is 3.06. The molecule has 0 unspecified atom stereocenters. The van der Waals surface area contributed by atoms with Gasteiger partial charge in [-0.3, -0.25) is 0 Å². The lowest BCUT2D eigenvalue weighted by Crippen LogP contribution is -2.34. The van der Waals surface area contributed by atoms with Gasteiger partial charge in [0.25, 0.3) is 0 Å². The number of nitrogens with one attached hydrogen (secondary N) is 1. The summed E-state index contributed by atoms with van der Waals surface area (Å²) in [6, 6.07) is 0.457. The zero-order valence-corrected chi connectivity index (χ0v) is 7.05. The number of rotatable bonds is 3. The SMILES string of the molecule is CCONC1CCC(O)CC1. The summed E-state index contributed by atoms with van der Waals surface area (Å²) >= 11 is 0. The Morgan fingerprint density at radius 3 is 2.55 bits per heavy atom. The van der Waals surface area contributed by atoms with Crippen LogP contribution in [0.25, 0.3) is 0 Å². The largest absolute Gasteiger partial charge is 0.393 e. The van der Waals surface area contributed by atoms with Crippen LogP contribution < -0.4 is 5.48 Å². The number of hydroxylamine groups is 1. The van der Waals surface area contributed by atoms with Crippen molar-refractivity contribution in [3.05, 3.63) is 0 Å². The predicted molar refractivity (Wildman–Crippen MR) is 43.0 cm³/mol. The molecule has 0 aromatic heterocycles.